The average Bonchev–Trinajstić information content (AvgIpc) is 3.25. The van der Waals surface area contributed by atoms with Gasteiger partial charge in [0.25, 0.3) is 5.91 Å². The Morgan fingerprint density at radius 3 is 2.46 bits per heavy atom. The number of hydrogen-bond acceptors (Lipinski definition) is 4. The van der Waals surface area contributed by atoms with Gasteiger partial charge in [0, 0.05) is 29.7 Å². The van der Waals surface area contributed by atoms with Gasteiger partial charge in [-0.15, -0.1) is 0 Å². The predicted octanol–water partition coefficient (Wildman–Crippen LogP) is 7.03. The van der Waals surface area contributed by atoms with Crippen LogP contribution in [-0.2, 0) is 22.6 Å². The molecule has 0 aliphatic carbocycles. The number of carbonyl (C=O) groups excluding carboxylic acids is 1. The predicted molar refractivity (Wildman–Crippen MR) is 164 cm³/mol. The van der Waals surface area contributed by atoms with E-state index in [4.69, 9.17) is 21.1 Å². The number of imidazole rings is 1. The number of halogens is 1. The molecule has 8 heteroatoms. The summed E-state index contributed by atoms with van der Waals surface area (Å²) in [4.78, 5) is 25.4. The van der Waals surface area contributed by atoms with Gasteiger partial charge in [-0.2, -0.15) is 0 Å². The average molecular weight is 576 g/mol. The van der Waals surface area contributed by atoms with Gasteiger partial charge in [0.15, 0.2) is 6.61 Å². The largest absolute Gasteiger partial charge is 0.484 e. The smallest absolute Gasteiger partial charge is 0.329 e. The minimum atomic E-state index is -0.270. The molecule has 0 saturated carbocycles. The Morgan fingerprint density at radius 1 is 1.00 bits per heavy atom. The van der Waals surface area contributed by atoms with Gasteiger partial charge < -0.3 is 14.8 Å². The van der Waals surface area contributed by atoms with E-state index < -0.39 is 0 Å². The first-order valence-corrected chi connectivity index (χ1v) is 14.8. The Labute approximate surface area is 246 Å². The van der Waals surface area contributed by atoms with Crippen LogP contribution in [0.25, 0.3) is 11.0 Å². The lowest BCUT2D eigenvalue weighted by atomic mass is 9.76. The first-order chi connectivity index (χ1) is 19.8. The minimum Gasteiger partial charge on any atom is -0.484 e. The zero-order valence-corrected chi connectivity index (χ0v) is 24.9. The number of fused-ring (bicyclic) bond motifs is 1. The molecule has 0 radical (unpaired) electrons. The number of rotatable bonds is 9. The molecule has 7 nitrogen and oxygen atoms in total. The molecule has 1 fully saturated rings. The normalized spacial score (nSPS) is 19.0. The SMILES string of the molecule is CCn1c(=O)n(CC)c2cc(NC(=O)COc3cccc([C@@H]4OC[C@@H](c5cccc(Cl)c5)C[C@H]4C(C)C)c3)ccc21. The quantitative estimate of drug-likeness (QED) is 0.232. The zero-order chi connectivity index (χ0) is 29.1. The fraction of sp³-hybridized carbons (Fsp3) is 0.394. The molecule has 3 aromatic carbocycles. The van der Waals surface area contributed by atoms with E-state index in [-0.39, 0.29) is 24.3 Å². The maximum Gasteiger partial charge on any atom is 0.329 e. The van der Waals surface area contributed by atoms with Gasteiger partial charge in [0.2, 0.25) is 0 Å². The molecular formula is C33H38ClN3O4. The van der Waals surface area contributed by atoms with E-state index >= 15 is 0 Å². The van der Waals surface area contributed by atoms with Gasteiger partial charge >= 0.3 is 5.69 Å². The summed E-state index contributed by atoms with van der Waals surface area (Å²) in [7, 11) is 0. The van der Waals surface area contributed by atoms with Crippen molar-refractivity contribution in [2.45, 2.75) is 59.2 Å². The lowest BCUT2D eigenvalue weighted by molar-refractivity contribution is -0.118. The van der Waals surface area contributed by atoms with E-state index in [0.29, 0.717) is 48.9 Å². The molecule has 1 aromatic heterocycles. The number of aromatic nitrogens is 2. The second-order valence-corrected chi connectivity index (χ2v) is 11.5. The number of ether oxygens (including phenoxy) is 2. The first kappa shape index (κ1) is 29.0. The number of hydrogen-bond donors (Lipinski definition) is 1. The summed E-state index contributed by atoms with van der Waals surface area (Å²) in [5.41, 5.74) is 4.50. The molecule has 0 bridgehead atoms. The Balaban J connectivity index is 1.24. The summed E-state index contributed by atoms with van der Waals surface area (Å²) in [6.45, 7) is 10.0. The second kappa shape index (κ2) is 12.5. The highest BCUT2D eigenvalue weighted by atomic mass is 35.5. The van der Waals surface area contributed by atoms with Crippen molar-refractivity contribution in [2.75, 3.05) is 18.5 Å². The lowest BCUT2D eigenvalue weighted by Gasteiger charge is -2.39. The topological polar surface area (TPSA) is 74.5 Å². The number of anilines is 1. The van der Waals surface area contributed by atoms with Gasteiger partial charge in [-0.3, -0.25) is 13.9 Å². The number of nitrogens with zero attached hydrogens (tertiary/aromatic N) is 2. The van der Waals surface area contributed by atoms with Crippen LogP contribution in [-0.4, -0.2) is 28.3 Å². The molecule has 216 valence electrons. The molecule has 2 heterocycles. The third-order valence-electron chi connectivity index (χ3n) is 8.09. The number of carbonyl (C=O) groups is 1. The van der Waals surface area contributed by atoms with Gasteiger partial charge in [-0.05, 0) is 85.7 Å². The van der Waals surface area contributed by atoms with Gasteiger partial charge in [-0.25, -0.2) is 4.79 Å². The van der Waals surface area contributed by atoms with E-state index in [9.17, 15) is 9.59 Å². The van der Waals surface area contributed by atoms with Crippen molar-refractivity contribution in [1.29, 1.82) is 0 Å². The monoisotopic (exact) mass is 575 g/mol. The molecule has 5 rings (SSSR count). The summed E-state index contributed by atoms with van der Waals surface area (Å²) in [6, 6.07) is 21.4. The number of nitrogens with one attached hydrogen (secondary N) is 1. The van der Waals surface area contributed by atoms with E-state index in [1.165, 1.54) is 5.56 Å². The van der Waals surface area contributed by atoms with Gasteiger partial charge in [0.05, 0.1) is 23.7 Å². The Bertz CT molecular complexity index is 1590. The van der Waals surface area contributed by atoms with Gasteiger partial charge in [0.1, 0.15) is 5.75 Å². The molecule has 1 N–H and O–H groups in total. The molecule has 1 saturated heterocycles. The summed E-state index contributed by atoms with van der Waals surface area (Å²) in [5, 5.41) is 3.65. The molecular weight excluding hydrogens is 538 g/mol. The summed E-state index contributed by atoms with van der Waals surface area (Å²) >= 11 is 6.25. The number of benzene rings is 3. The van der Waals surface area contributed by atoms with Crippen LogP contribution in [0.2, 0.25) is 5.02 Å². The molecule has 3 atom stereocenters. The van der Waals surface area contributed by atoms with Crippen molar-refractivity contribution in [1.82, 2.24) is 9.13 Å². The van der Waals surface area contributed by atoms with Crippen molar-refractivity contribution in [3.05, 3.63) is 93.4 Å². The van der Waals surface area contributed by atoms with E-state index in [1.54, 1.807) is 9.13 Å². The summed E-state index contributed by atoms with van der Waals surface area (Å²) in [5.74, 6) is 1.40. The Kier molecular flexibility index (Phi) is 8.85. The van der Waals surface area contributed by atoms with Crippen LogP contribution >= 0.6 is 11.6 Å². The number of aryl methyl sites for hydroxylation is 2. The maximum atomic E-state index is 12.8. The highest BCUT2D eigenvalue weighted by Gasteiger charge is 2.35. The van der Waals surface area contributed by atoms with Gasteiger partial charge in [-0.1, -0.05) is 49.7 Å². The summed E-state index contributed by atoms with van der Waals surface area (Å²) in [6.07, 6.45) is 0.953. The minimum absolute atomic E-state index is 0.0432. The van der Waals surface area contributed by atoms with Crippen molar-refractivity contribution >= 4 is 34.2 Å². The van der Waals surface area contributed by atoms with E-state index in [2.05, 4.69) is 31.3 Å². The Hall–Kier alpha value is -3.55. The second-order valence-electron chi connectivity index (χ2n) is 11.0. The first-order valence-electron chi connectivity index (χ1n) is 14.4. The molecule has 1 aliphatic heterocycles. The fourth-order valence-corrected chi connectivity index (χ4v) is 6.16. The highest BCUT2D eigenvalue weighted by molar-refractivity contribution is 6.30. The summed E-state index contributed by atoms with van der Waals surface area (Å²) < 4.78 is 15.8. The van der Waals surface area contributed by atoms with Crippen molar-refractivity contribution in [2.24, 2.45) is 11.8 Å². The molecule has 1 aliphatic rings. The highest BCUT2D eigenvalue weighted by Crippen LogP contribution is 2.44. The van der Waals surface area contributed by atoms with Crippen LogP contribution in [0, 0.1) is 11.8 Å². The van der Waals surface area contributed by atoms with Crippen LogP contribution < -0.4 is 15.7 Å². The molecule has 4 aromatic rings. The molecule has 1 amide bonds. The van der Waals surface area contributed by atoms with Crippen molar-refractivity contribution in [3.63, 3.8) is 0 Å². The Morgan fingerprint density at radius 2 is 1.73 bits per heavy atom. The van der Waals surface area contributed by atoms with Crippen LogP contribution in [0.1, 0.15) is 57.3 Å². The number of amides is 1. The molecule has 0 spiro atoms. The molecule has 41 heavy (non-hydrogen) atoms. The standard InChI is InChI=1S/C33H38ClN3O4/c1-5-36-29-14-13-26(18-30(29)37(6-2)33(36)39)35-31(38)20-40-27-12-8-10-23(16-27)32-28(21(3)4)17-24(19-41-32)22-9-7-11-25(34)15-22/h7-16,18,21,24,28,32H,5-6,17,19-20H2,1-4H3,(H,35,38)/t24-,28-,32-/m0/s1. The van der Waals surface area contributed by atoms with Crippen molar-refractivity contribution < 1.29 is 14.3 Å². The van der Waals surface area contributed by atoms with Crippen LogP contribution in [0.4, 0.5) is 5.69 Å². The van der Waals surface area contributed by atoms with E-state index in [1.807, 2.05) is 68.4 Å². The van der Waals surface area contributed by atoms with Crippen molar-refractivity contribution in [3.8, 4) is 5.75 Å². The van der Waals surface area contributed by atoms with E-state index in [0.717, 1.165) is 28.0 Å². The van der Waals surface area contributed by atoms with Crippen LogP contribution in [0.5, 0.6) is 5.75 Å². The van der Waals surface area contributed by atoms with Crippen LogP contribution in [0.3, 0.4) is 0 Å². The van der Waals surface area contributed by atoms with Crippen LogP contribution in [0.15, 0.2) is 71.5 Å². The third-order valence-corrected chi connectivity index (χ3v) is 8.33. The molecule has 0 unspecified atom stereocenters. The maximum absolute atomic E-state index is 12.8. The zero-order valence-electron chi connectivity index (χ0n) is 24.1. The lowest BCUT2D eigenvalue weighted by Crippen LogP contribution is -2.31. The third kappa shape index (κ3) is 6.21. The fourth-order valence-electron chi connectivity index (χ4n) is 5.96.